The van der Waals surface area contributed by atoms with E-state index < -0.39 is 0 Å². The van der Waals surface area contributed by atoms with E-state index in [4.69, 9.17) is 0 Å². The average molecular weight is 436 g/mol. The molecular weight excluding hydrogens is 414 g/mol. The summed E-state index contributed by atoms with van der Waals surface area (Å²) in [5.41, 5.74) is 2.96. The van der Waals surface area contributed by atoms with Gasteiger partial charge in [0, 0.05) is 37.4 Å². The van der Waals surface area contributed by atoms with E-state index in [0.29, 0.717) is 13.1 Å². The standard InChI is InChI=1S/C20H22BrNOS2/c1-22(23)9-7-20(8-10-22)13-14-3-4-15(21)11-18(14)25-19-12-16(24-2)5-6-17(19)20/h3-6,11-12H,7-10,13H2,1-2H3. The van der Waals surface area contributed by atoms with Crippen LogP contribution < -0.4 is 0 Å². The van der Waals surface area contributed by atoms with E-state index in [9.17, 15) is 5.21 Å². The molecule has 0 saturated carbocycles. The Kier molecular flexibility index (Phi) is 4.74. The zero-order valence-electron chi connectivity index (χ0n) is 14.5. The minimum Gasteiger partial charge on any atom is -0.633 e. The number of hydrogen-bond acceptors (Lipinski definition) is 3. The van der Waals surface area contributed by atoms with Crippen molar-refractivity contribution in [1.82, 2.24) is 0 Å². The van der Waals surface area contributed by atoms with E-state index in [0.717, 1.165) is 23.7 Å². The van der Waals surface area contributed by atoms with Gasteiger partial charge in [0.2, 0.25) is 0 Å². The van der Waals surface area contributed by atoms with Crippen molar-refractivity contribution in [3.63, 3.8) is 0 Å². The van der Waals surface area contributed by atoms with E-state index in [1.54, 1.807) is 11.8 Å². The molecule has 0 atom stereocenters. The Bertz CT molecular complexity index is 811. The van der Waals surface area contributed by atoms with Crippen LogP contribution in [0.3, 0.4) is 0 Å². The quantitative estimate of drug-likeness (QED) is 0.318. The molecular formula is C20H22BrNOS2. The molecule has 1 saturated heterocycles. The molecule has 0 N–H and O–H groups in total. The van der Waals surface area contributed by atoms with Gasteiger partial charge < -0.3 is 9.85 Å². The average Bonchev–Trinajstić information content (AvgIpc) is 2.71. The minimum absolute atomic E-state index is 0.0969. The van der Waals surface area contributed by atoms with Gasteiger partial charge in [-0.2, -0.15) is 0 Å². The third kappa shape index (κ3) is 3.42. The molecule has 0 bridgehead atoms. The van der Waals surface area contributed by atoms with E-state index in [2.05, 4.69) is 58.6 Å². The molecule has 0 aliphatic carbocycles. The van der Waals surface area contributed by atoms with E-state index in [1.165, 1.54) is 25.8 Å². The highest BCUT2D eigenvalue weighted by Gasteiger charge is 2.42. The number of benzene rings is 2. The predicted octanol–water partition coefficient (Wildman–Crippen LogP) is 5.85. The summed E-state index contributed by atoms with van der Waals surface area (Å²) in [6.45, 7) is 1.42. The van der Waals surface area contributed by atoms with Crippen molar-refractivity contribution in [2.75, 3.05) is 26.4 Å². The maximum atomic E-state index is 12.5. The maximum absolute atomic E-state index is 12.5. The fourth-order valence-corrected chi connectivity index (χ4v) is 6.39. The summed E-state index contributed by atoms with van der Waals surface area (Å²) < 4.78 is 1.03. The molecule has 2 nitrogen and oxygen atoms in total. The summed E-state index contributed by atoms with van der Waals surface area (Å²) in [5.74, 6) is 0. The van der Waals surface area contributed by atoms with Gasteiger partial charge in [-0.1, -0.05) is 39.8 Å². The van der Waals surface area contributed by atoms with Crippen LogP contribution in [0.25, 0.3) is 0 Å². The number of hydroxylamine groups is 3. The lowest BCUT2D eigenvalue weighted by atomic mass is 9.69. The van der Waals surface area contributed by atoms with Crippen molar-refractivity contribution in [2.24, 2.45) is 0 Å². The fraction of sp³-hybridized carbons (Fsp3) is 0.400. The molecule has 1 fully saturated rings. The molecule has 25 heavy (non-hydrogen) atoms. The Labute approximate surface area is 166 Å². The van der Waals surface area contributed by atoms with Crippen molar-refractivity contribution in [2.45, 2.75) is 39.4 Å². The molecule has 1 spiro atoms. The van der Waals surface area contributed by atoms with Crippen LogP contribution in [0.2, 0.25) is 0 Å². The van der Waals surface area contributed by atoms with Gasteiger partial charge in [-0.25, -0.2) is 0 Å². The van der Waals surface area contributed by atoms with Gasteiger partial charge in [0.15, 0.2) is 0 Å². The lowest BCUT2D eigenvalue weighted by molar-refractivity contribution is -0.867. The molecule has 0 unspecified atom stereocenters. The van der Waals surface area contributed by atoms with Gasteiger partial charge in [-0.05, 0) is 48.1 Å². The first-order valence-electron chi connectivity index (χ1n) is 8.61. The van der Waals surface area contributed by atoms with Crippen LogP contribution in [0, 0.1) is 5.21 Å². The summed E-state index contributed by atoms with van der Waals surface area (Å²) >= 11 is 7.31. The lowest BCUT2D eigenvalue weighted by Crippen LogP contribution is -2.50. The highest BCUT2D eigenvalue weighted by Crippen LogP contribution is 2.50. The highest BCUT2D eigenvalue weighted by atomic mass is 79.9. The van der Waals surface area contributed by atoms with Crippen molar-refractivity contribution in [1.29, 1.82) is 0 Å². The lowest BCUT2D eigenvalue weighted by Gasteiger charge is -2.49. The zero-order valence-corrected chi connectivity index (χ0v) is 17.8. The van der Waals surface area contributed by atoms with Crippen molar-refractivity contribution in [3.05, 3.63) is 57.2 Å². The van der Waals surface area contributed by atoms with Crippen LogP contribution in [0.4, 0.5) is 0 Å². The number of likely N-dealkylation sites (tertiary alicyclic amines) is 1. The van der Waals surface area contributed by atoms with E-state index in [1.807, 2.05) is 18.8 Å². The third-order valence-electron chi connectivity index (χ3n) is 5.66. The smallest absolute Gasteiger partial charge is 0.0790 e. The molecule has 0 radical (unpaired) electrons. The molecule has 0 aromatic heterocycles. The van der Waals surface area contributed by atoms with E-state index in [-0.39, 0.29) is 10.1 Å². The van der Waals surface area contributed by atoms with E-state index >= 15 is 0 Å². The van der Waals surface area contributed by atoms with Gasteiger partial charge >= 0.3 is 0 Å². The van der Waals surface area contributed by atoms with Gasteiger partial charge in [-0.3, -0.25) is 0 Å². The second-order valence-electron chi connectivity index (χ2n) is 7.42. The van der Waals surface area contributed by atoms with Crippen LogP contribution >= 0.6 is 39.5 Å². The normalized spacial score (nSPS) is 28.3. The Morgan fingerprint density at radius 3 is 2.60 bits per heavy atom. The molecule has 2 aromatic rings. The molecule has 2 aliphatic rings. The number of piperidine rings is 1. The SMILES string of the molecule is CSc1ccc2c(c1)Sc1cc(Br)ccc1CC21CC[N+](C)([O-])CC1. The number of quaternary nitrogens is 1. The number of fused-ring (bicyclic) bond motifs is 3. The zero-order chi connectivity index (χ0) is 17.7. The Morgan fingerprint density at radius 1 is 1.12 bits per heavy atom. The Morgan fingerprint density at radius 2 is 1.88 bits per heavy atom. The minimum atomic E-state index is -0.0969. The van der Waals surface area contributed by atoms with Gasteiger partial charge in [0.25, 0.3) is 0 Å². The molecule has 132 valence electrons. The summed E-state index contributed by atoms with van der Waals surface area (Å²) in [7, 11) is 1.82. The van der Waals surface area contributed by atoms with Crippen LogP contribution in [-0.2, 0) is 11.8 Å². The van der Waals surface area contributed by atoms with Crippen LogP contribution in [0.15, 0.2) is 55.6 Å². The second kappa shape index (κ2) is 6.61. The Hall–Kier alpha value is -0.460. The first-order valence-corrected chi connectivity index (χ1v) is 11.4. The summed E-state index contributed by atoms with van der Waals surface area (Å²) in [6, 6.07) is 13.6. The largest absolute Gasteiger partial charge is 0.633 e. The van der Waals surface area contributed by atoms with Gasteiger partial charge in [0.05, 0.1) is 20.1 Å². The fourth-order valence-electron chi connectivity index (χ4n) is 4.08. The summed E-state index contributed by atoms with van der Waals surface area (Å²) in [6.07, 6.45) is 5.10. The highest BCUT2D eigenvalue weighted by molar-refractivity contribution is 9.10. The molecule has 0 amide bonds. The molecule has 2 heterocycles. The van der Waals surface area contributed by atoms with Crippen molar-refractivity contribution in [3.8, 4) is 0 Å². The third-order valence-corrected chi connectivity index (χ3v) is 8.04. The Balaban J connectivity index is 1.86. The number of thioether (sulfide) groups is 1. The van der Waals surface area contributed by atoms with Crippen LogP contribution in [-0.4, -0.2) is 31.0 Å². The predicted molar refractivity (Wildman–Crippen MR) is 110 cm³/mol. The van der Waals surface area contributed by atoms with Crippen molar-refractivity contribution < 1.29 is 4.65 Å². The molecule has 5 heteroatoms. The monoisotopic (exact) mass is 435 g/mol. The molecule has 2 aromatic carbocycles. The van der Waals surface area contributed by atoms with Crippen LogP contribution in [0.5, 0.6) is 0 Å². The number of nitrogens with zero attached hydrogens (tertiary/aromatic N) is 1. The number of halogens is 1. The summed E-state index contributed by atoms with van der Waals surface area (Å²) in [4.78, 5) is 4.02. The summed E-state index contributed by atoms with van der Waals surface area (Å²) in [5, 5.41) is 12.5. The van der Waals surface area contributed by atoms with Crippen molar-refractivity contribution >= 4 is 39.5 Å². The first kappa shape index (κ1) is 17.9. The van der Waals surface area contributed by atoms with Gasteiger partial charge in [0.1, 0.15) is 0 Å². The molecule has 4 rings (SSSR count). The number of hydrogen-bond donors (Lipinski definition) is 0. The second-order valence-corrected chi connectivity index (χ2v) is 10.3. The maximum Gasteiger partial charge on any atom is 0.0790 e. The topological polar surface area (TPSA) is 23.1 Å². The first-order chi connectivity index (χ1) is 11.9. The van der Waals surface area contributed by atoms with Crippen LogP contribution in [0.1, 0.15) is 24.0 Å². The van der Waals surface area contributed by atoms with Gasteiger partial charge in [-0.15, -0.1) is 11.8 Å². The number of rotatable bonds is 1. The molecule has 2 aliphatic heterocycles.